The van der Waals surface area contributed by atoms with Crippen molar-refractivity contribution >= 4 is 27.4 Å². The van der Waals surface area contributed by atoms with Crippen LogP contribution in [0.4, 0.5) is 0 Å². The van der Waals surface area contributed by atoms with Crippen LogP contribution < -0.4 is 4.74 Å². The van der Waals surface area contributed by atoms with Crippen molar-refractivity contribution in [2.75, 3.05) is 0 Å². The molecule has 0 bridgehead atoms. The first-order chi connectivity index (χ1) is 24.8. The normalized spacial score (nSPS) is 16.9. The number of hydrogen-bond donors (Lipinski definition) is 0. The fourth-order valence-corrected chi connectivity index (χ4v) is 9.09. The summed E-state index contributed by atoms with van der Waals surface area (Å²) in [4.78, 5) is 4.67. The molecule has 0 fully saturated rings. The maximum Gasteiger partial charge on any atom is 2.00 e. The van der Waals surface area contributed by atoms with E-state index >= 15 is 0 Å². The average molecular weight is 838 g/mol. The molecular weight excluding hydrogens is 808 g/mol. The molecule has 3 heterocycles. The van der Waals surface area contributed by atoms with Crippen molar-refractivity contribution < 1.29 is 25.8 Å². The van der Waals surface area contributed by atoms with Gasteiger partial charge in [0.05, 0.1) is 17.3 Å². The molecule has 0 N–H and O–H groups in total. The van der Waals surface area contributed by atoms with Crippen LogP contribution in [-0.2, 0) is 26.5 Å². The third kappa shape index (κ3) is 4.19. The van der Waals surface area contributed by atoms with Crippen molar-refractivity contribution in [1.29, 1.82) is 0 Å². The van der Waals surface area contributed by atoms with Crippen molar-refractivity contribution in [3.8, 4) is 34.1 Å². The van der Waals surface area contributed by atoms with E-state index in [1.807, 2.05) is 48.8 Å². The van der Waals surface area contributed by atoms with Crippen LogP contribution >= 0.6 is 0 Å². The molecule has 1 atom stereocenters. The van der Waals surface area contributed by atoms with Crippen LogP contribution in [0.5, 0.6) is 11.5 Å². The molecule has 51 heavy (non-hydrogen) atoms. The molecule has 1 spiro atoms. The molecule has 0 amide bonds. The van der Waals surface area contributed by atoms with Gasteiger partial charge in [-0.2, -0.15) is 17.2 Å². The third-order valence-corrected chi connectivity index (χ3v) is 11.0. The second kappa shape index (κ2) is 11.5. The zero-order valence-corrected chi connectivity index (χ0v) is 29.8. The van der Waals surface area contributed by atoms with Gasteiger partial charge in [-0.25, -0.2) is 4.98 Å². The molecule has 0 saturated carbocycles. The molecule has 5 nitrogen and oxygen atoms in total. The number of aromatic nitrogens is 4. The Balaban J connectivity index is 0.00000327. The summed E-state index contributed by atoms with van der Waals surface area (Å²) >= 11 is 0. The second-order valence-electron chi connectivity index (χ2n) is 13.5. The molecule has 0 saturated heterocycles. The van der Waals surface area contributed by atoms with Crippen molar-refractivity contribution in [1.82, 2.24) is 19.3 Å². The van der Waals surface area contributed by atoms with E-state index in [1.54, 1.807) is 0 Å². The van der Waals surface area contributed by atoms with Gasteiger partial charge in [0, 0.05) is 28.8 Å². The Morgan fingerprint density at radius 1 is 0.647 bits per heavy atom. The largest absolute Gasteiger partial charge is 2.00 e. The number of para-hydroxylation sites is 1. The van der Waals surface area contributed by atoms with Crippen LogP contribution in [0.1, 0.15) is 48.1 Å². The Kier molecular flexibility index (Phi) is 6.85. The summed E-state index contributed by atoms with van der Waals surface area (Å²) < 4.78 is 10.8. The van der Waals surface area contributed by atoms with Crippen molar-refractivity contribution in [3.05, 3.63) is 174 Å². The van der Waals surface area contributed by atoms with E-state index in [1.165, 1.54) is 57.5 Å². The van der Waals surface area contributed by atoms with E-state index < -0.39 is 0 Å². The summed E-state index contributed by atoms with van der Waals surface area (Å²) in [5.74, 6) is 2.06. The Hall–Kier alpha value is -5.51. The number of allylic oxidation sites excluding steroid dienone is 2. The number of ether oxygens (including phenoxy) is 1. The van der Waals surface area contributed by atoms with Crippen LogP contribution in [0.15, 0.2) is 139 Å². The van der Waals surface area contributed by atoms with Gasteiger partial charge in [-0.05, 0) is 88.4 Å². The van der Waals surface area contributed by atoms with E-state index in [9.17, 15) is 0 Å². The quantitative estimate of drug-likeness (QED) is 0.166. The molecule has 3 aliphatic carbocycles. The number of nitrogens with zero attached hydrogens (tertiary/aromatic N) is 4. The predicted molar refractivity (Wildman–Crippen MR) is 197 cm³/mol. The first-order valence-corrected chi connectivity index (χ1v) is 17.4. The van der Waals surface area contributed by atoms with Crippen molar-refractivity contribution in [3.63, 3.8) is 0 Å². The van der Waals surface area contributed by atoms with Gasteiger partial charge in [-0.3, -0.25) is 4.68 Å². The molecule has 3 aliphatic rings. The smallest absolute Gasteiger partial charge is 0.509 e. The Morgan fingerprint density at radius 2 is 1.41 bits per heavy atom. The summed E-state index contributed by atoms with van der Waals surface area (Å²) in [5, 5.41) is 7.33. The second-order valence-corrected chi connectivity index (χ2v) is 13.5. The maximum atomic E-state index is 6.56. The average Bonchev–Trinajstić information content (AvgIpc) is 3.91. The number of rotatable bonds is 4. The molecule has 1 unspecified atom stereocenters. The molecule has 246 valence electrons. The molecule has 3 aromatic heterocycles. The van der Waals surface area contributed by atoms with E-state index in [4.69, 9.17) is 9.84 Å². The van der Waals surface area contributed by atoms with Crippen LogP contribution in [0.2, 0.25) is 0 Å². The minimum Gasteiger partial charge on any atom is -0.509 e. The molecule has 0 aliphatic heterocycles. The SMILES string of the molecule is [Pt+2].[c-]1c(Oc2[c-]c3c(cc2)c2ccccc2n3-c2ccccn2)cccc1-n1ncc2c1C1(C3=C(CCCC3)c3ccccc31)c1ccccc1-2. The predicted octanol–water partition coefficient (Wildman–Crippen LogP) is 10.4. The third-order valence-electron chi connectivity index (χ3n) is 11.0. The summed E-state index contributed by atoms with van der Waals surface area (Å²) in [5.41, 5.74) is 13.3. The van der Waals surface area contributed by atoms with Gasteiger partial charge >= 0.3 is 21.1 Å². The number of benzene rings is 5. The zero-order valence-electron chi connectivity index (χ0n) is 27.5. The van der Waals surface area contributed by atoms with Crippen LogP contribution in [0.3, 0.4) is 0 Å². The molecular formula is C45H30N4OPt. The van der Waals surface area contributed by atoms with Crippen molar-refractivity contribution in [2.45, 2.75) is 31.1 Å². The van der Waals surface area contributed by atoms with Gasteiger partial charge in [0.25, 0.3) is 0 Å². The molecule has 0 radical (unpaired) electrons. The van der Waals surface area contributed by atoms with Gasteiger partial charge in [0.15, 0.2) is 0 Å². The Labute approximate surface area is 310 Å². The maximum absolute atomic E-state index is 6.56. The molecule has 8 aromatic rings. The minimum absolute atomic E-state index is 0. The Morgan fingerprint density at radius 3 is 2.29 bits per heavy atom. The fraction of sp³-hybridized carbons (Fsp3) is 0.111. The number of fused-ring (bicyclic) bond motifs is 12. The first-order valence-electron chi connectivity index (χ1n) is 17.4. The van der Waals surface area contributed by atoms with Crippen LogP contribution in [0, 0.1) is 12.1 Å². The summed E-state index contributed by atoms with van der Waals surface area (Å²) in [6.07, 6.45) is 8.51. The van der Waals surface area contributed by atoms with Gasteiger partial charge in [0.1, 0.15) is 5.82 Å². The van der Waals surface area contributed by atoms with E-state index in [0.29, 0.717) is 11.5 Å². The monoisotopic (exact) mass is 837 g/mol. The van der Waals surface area contributed by atoms with Gasteiger partial charge in [-0.15, -0.1) is 35.7 Å². The van der Waals surface area contributed by atoms with Crippen molar-refractivity contribution in [2.24, 2.45) is 0 Å². The summed E-state index contributed by atoms with van der Waals surface area (Å²) in [7, 11) is 0. The van der Waals surface area contributed by atoms with Crippen LogP contribution in [-0.4, -0.2) is 19.3 Å². The summed E-state index contributed by atoms with van der Waals surface area (Å²) in [6, 6.07) is 49.7. The first kappa shape index (κ1) is 30.3. The van der Waals surface area contributed by atoms with Gasteiger partial charge < -0.3 is 9.30 Å². The van der Waals surface area contributed by atoms with Crippen LogP contribution in [0.25, 0.3) is 50.0 Å². The number of hydrogen-bond acceptors (Lipinski definition) is 3. The molecule has 6 heteroatoms. The Bertz CT molecular complexity index is 2710. The zero-order chi connectivity index (χ0) is 32.8. The number of pyridine rings is 1. The van der Waals surface area contributed by atoms with E-state index in [0.717, 1.165) is 46.2 Å². The minimum atomic E-state index is -0.378. The standard InChI is InChI=1S/C45H30N4O.Pt/c1-5-18-38-32(14-1)33-15-2-6-19-39(33)45(38)40-20-7-3-16-34(40)37-28-47-49(44(37)45)29-12-11-13-30(26-29)50-31-23-24-36-35-17-4-8-21-41(35)48(42(36)27-31)43-22-9-10-25-46-43;/h1,3-5,7-14,16-18,20-25,28H,2,6,15,19H2;/q-2;+2. The topological polar surface area (TPSA) is 44.9 Å². The fourth-order valence-electron chi connectivity index (χ4n) is 9.09. The van der Waals surface area contributed by atoms with Gasteiger partial charge in [-0.1, -0.05) is 78.3 Å². The van der Waals surface area contributed by atoms with E-state index in [-0.39, 0.29) is 26.5 Å². The van der Waals surface area contributed by atoms with E-state index in [2.05, 4.69) is 111 Å². The molecule has 5 aromatic carbocycles. The van der Waals surface area contributed by atoms with Gasteiger partial charge in [0.2, 0.25) is 0 Å². The summed E-state index contributed by atoms with van der Waals surface area (Å²) in [6.45, 7) is 0. The molecule has 11 rings (SSSR count).